The van der Waals surface area contributed by atoms with Gasteiger partial charge in [0, 0.05) is 0 Å². The van der Waals surface area contributed by atoms with E-state index < -0.39 is 6.10 Å². The Kier molecular flexibility index (Phi) is 14.7. The van der Waals surface area contributed by atoms with Crippen molar-refractivity contribution >= 4 is 0 Å². The molecule has 0 aliphatic heterocycles. The quantitative estimate of drug-likeness (QED) is 0.243. The number of nitrogens with zero attached hydrogens (tertiary/aromatic N) is 1. The highest BCUT2D eigenvalue weighted by Crippen LogP contribution is 2.13. The van der Waals surface area contributed by atoms with Crippen LogP contribution >= 0.6 is 0 Å². The zero-order valence-electron chi connectivity index (χ0n) is 16.8. The van der Waals surface area contributed by atoms with Gasteiger partial charge in [-0.3, -0.25) is 0 Å². The van der Waals surface area contributed by atoms with E-state index in [0.717, 1.165) is 6.42 Å². The smallest absolute Gasteiger partial charge is 0.142 e. The number of aliphatic hydroxyl groups excluding tert-OH is 2. The number of quaternary nitrogens is 1. The zero-order chi connectivity index (χ0) is 18.3. The minimum atomic E-state index is -0.567. The van der Waals surface area contributed by atoms with Gasteiger partial charge in [-0.05, 0) is 12.8 Å². The third-order valence-corrected chi connectivity index (χ3v) is 4.88. The third-order valence-electron chi connectivity index (χ3n) is 4.88. The number of rotatable bonds is 16. The fourth-order valence-electron chi connectivity index (χ4n) is 3.10. The molecule has 24 heavy (non-hydrogen) atoms. The molecular formula is C21H44NO2+. The largest absolute Gasteiger partial charge is 0.390 e. The molecule has 0 radical (unpaired) electrons. The lowest BCUT2D eigenvalue weighted by molar-refractivity contribution is -0.899. The molecule has 0 spiro atoms. The first-order valence-corrected chi connectivity index (χ1v) is 10.2. The van der Waals surface area contributed by atoms with Crippen LogP contribution in [0.25, 0.3) is 0 Å². The lowest BCUT2D eigenvalue weighted by atomic mass is 10.0. The Labute approximate surface area is 151 Å². The maximum Gasteiger partial charge on any atom is 0.142 e. The van der Waals surface area contributed by atoms with Gasteiger partial charge in [0.1, 0.15) is 12.1 Å². The second-order valence-electron chi connectivity index (χ2n) is 8.11. The fraction of sp³-hybridized carbons (Fsp3) is 0.905. The van der Waals surface area contributed by atoms with Crippen molar-refractivity contribution in [3.05, 3.63) is 12.2 Å². The highest BCUT2D eigenvalue weighted by atomic mass is 16.3. The van der Waals surface area contributed by atoms with E-state index in [1.165, 1.54) is 70.6 Å². The molecule has 0 aliphatic carbocycles. The van der Waals surface area contributed by atoms with Crippen molar-refractivity contribution in [2.24, 2.45) is 0 Å². The summed E-state index contributed by atoms with van der Waals surface area (Å²) >= 11 is 0. The maximum atomic E-state index is 10.2. The molecule has 0 bridgehead atoms. The van der Waals surface area contributed by atoms with Gasteiger partial charge in [-0.2, -0.15) is 0 Å². The van der Waals surface area contributed by atoms with Crippen molar-refractivity contribution in [3.8, 4) is 0 Å². The molecule has 3 heteroatoms. The Hall–Kier alpha value is -0.380. The lowest BCUT2D eigenvalue weighted by Crippen LogP contribution is -2.53. The van der Waals surface area contributed by atoms with Crippen LogP contribution in [0.4, 0.5) is 0 Å². The van der Waals surface area contributed by atoms with Gasteiger partial charge in [-0.15, -0.1) is 0 Å². The molecule has 2 N–H and O–H groups in total. The molecule has 3 nitrogen and oxygen atoms in total. The van der Waals surface area contributed by atoms with Crippen LogP contribution in [-0.4, -0.2) is 54.6 Å². The van der Waals surface area contributed by atoms with Crippen molar-refractivity contribution in [1.82, 2.24) is 0 Å². The van der Waals surface area contributed by atoms with Crippen molar-refractivity contribution < 1.29 is 14.7 Å². The molecule has 0 aromatic rings. The van der Waals surface area contributed by atoms with E-state index in [4.69, 9.17) is 0 Å². The predicted molar refractivity (Wildman–Crippen MR) is 105 cm³/mol. The van der Waals surface area contributed by atoms with Crippen molar-refractivity contribution in [2.45, 2.75) is 96.1 Å². The van der Waals surface area contributed by atoms with Gasteiger partial charge >= 0.3 is 0 Å². The number of hydrogen-bond acceptors (Lipinski definition) is 2. The van der Waals surface area contributed by atoms with E-state index in [-0.39, 0.29) is 12.6 Å². The molecule has 2 atom stereocenters. The monoisotopic (exact) mass is 342 g/mol. The summed E-state index contributed by atoms with van der Waals surface area (Å²) in [5.74, 6) is 0. The Bertz CT molecular complexity index is 297. The number of aliphatic hydroxyl groups is 2. The number of hydrogen-bond donors (Lipinski definition) is 2. The van der Waals surface area contributed by atoms with Crippen LogP contribution in [0.3, 0.4) is 0 Å². The van der Waals surface area contributed by atoms with Crippen molar-refractivity contribution in [3.63, 3.8) is 0 Å². The SMILES string of the molecule is CCCCCCCCCCCCC/C=C\[C@@H](O)C(CO)[N+](C)(C)C. The molecule has 0 aromatic carbocycles. The second-order valence-corrected chi connectivity index (χ2v) is 8.11. The molecule has 0 saturated carbocycles. The van der Waals surface area contributed by atoms with E-state index in [1.54, 1.807) is 0 Å². The molecule has 0 amide bonds. The van der Waals surface area contributed by atoms with E-state index in [1.807, 2.05) is 27.2 Å². The first kappa shape index (κ1) is 23.6. The number of likely N-dealkylation sites (N-methyl/N-ethyl adjacent to an activating group) is 1. The number of allylic oxidation sites excluding steroid dienone is 1. The first-order valence-electron chi connectivity index (χ1n) is 10.2. The van der Waals surface area contributed by atoms with E-state index in [0.29, 0.717) is 4.48 Å². The van der Waals surface area contributed by atoms with E-state index in [9.17, 15) is 10.2 Å². The Morgan fingerprint density at radius 1 is 0.792 bits per heavy atom. The standard InChI is InChI=1S/C21H44NO2/c1-5-6-7-8-9-10-11-12-13-14-15-16-17-18-21(24)20(19-23)22(2,3)4/h17-18,20-21,23-24H,5-16,19H2,1-4H3/q+1/b18-17-/t20?,21-/m1/s1. The molecule has 0 heterocycles. The van der Waals surface area contributed by atoms with E-state index in [2.05, 4.69) is 13.0 Å². The average Bonchev–Trinajstić information content (AvgIpc) is 2.51. The predicted octanol–water partition coefficient (Wildman–Crippen LogP) is 4.67. The van der Waals surface area contributed by atoms with Crippen LogP contribution in [0.15, 0.2) is 12.2 Å². The molecule has 144 valence electrons. The minimum Gasteiger partial charge on any atom is -0.390 e. The summed E-state index contributed by atoms with van der Waals surface area (Å²) in [6, 6.07) is -0.154. The van der Waals surface area contributed by atoms with Crippen LogP contribution in [0.1, 0.15) is 84.0 Å². The summed E-state index contributed by atoms with van der Waals surface area (Å²) < 4.78 is 0.570. The van der Waals surface area contributed by atoms with Gasteiger partial charge in [0.2, 0.25) is 0 Å². The van der Waals surface area contributed by atoms with Crippen LogP contribution < -0.4 is 0 Å². The topological polar surface area (TPSA) is 40.5 Å². The summed E-state index contributed by atoms with van der Waals surface area (Å²) in [6.45, 7) is 2.28. The highest BCUT2D eigenvalue weighted by Gasteiger charge is 2.28. The molecular weight excluding hydrogens is 298 g/mol. The van der Waals surface area contributed by atoms with Gasteiger partial charge in [0.05, 0.1) is 27.7 Å². The average molecular weight is 343 g/mol. The fourth-order valence-corrected chi connectivity index (χ4v) is 3.10. The lowest BCUT2D eigenvalue weighted by Gasteiger charge is -2.34. The van der Waals surface area contributed by atoms with Gasteiger partial charge in [0.25, 0.3) is 0 Å². The summed E-state index contributed by atoms with van der Waals surface area (Å²) in [4.78, 5) is 0. The molecule has 1 unspecified atom stereocenters. The zero-order valence-corrected chi connectivity index (χ0v) is 16.8. The van der Waals surface area contributed by atoms with Crippen molar-refractivity contribution in [2.75, 3.05) is 27.7 Å². The summed E-state index contributed by atoms with van der Waals surface area (Å²) in [5, 5.41) is 19.6. The number of unbranched alkanes of at least 4 members (excludes halogenated alkanes) is 11. The molecule has 0 aromatic heterocycles. The Balaban J connectivity index is 3.52. The Morgan fingerprint density at radius 3 is 1.67 bits per heavy atom. The summed E-state index contributed by atoms with van der Waals surface area (Å²) in [7, 11) is 6.01. The minimum absolute atomic E-state index is 0.00739. The van der Waals surface area contributed by atoms with Crippen LogP contribution in [-0.2, 0) is 0 Å². The van der Waals surface area contributed by atoms with Crippen molar-refractivity contribution in [1.29, 1.82) is 0 Å². The normalized spacial score (nSPS) is 15.1. The van der Waals surface area contributed by atoms with Crippen LogP contribution in [0, 0.1) is 0 Å². The van der Waals surface area contributed by atoms with Crippen LogP contribution in [0.2, 0.25) is 0 Å². The van der Waals surface area contributed by atoms with Gasteiger partial charge in [-0.25, -0.2) is 0 Å². The first-order chi connectivity index (χ1) is 11.4. The summed E-state index contributed by atoms with van der Waals surface area (Å²) in [6.07, 6.45) is 19.4. The molecule has 0 fully saturated rings. The third kappa shape index (κ3) is 13.0. The molecule has 0 aliphatic rings. The van der Waals surface area contributed by atoms with Gasteiger partial charge < -0.3 is 14.7 Å². The van der Waals surface area contributed by atoms with Gasteiger partial charge in [0.15, 0.2) is 0 Å². The van der Waals surface area contributed by atoms with Gasteiger partial charge in [-0.1, -0.05) is 83.3 Å². The van der Waals surface area contributed by atoms with E-state index >= 15 is 0 Å². The van der Waals surface area contributed by atoms with Crippen LogP contribution in [0.5, 0.6) is 0 Å². The second kappa shape index (κ2) is 14.9. The molecule has 0 rings (SSSR count). The maximum absolute atomic E-state index is 10.2. The summed E-state index contributed by atoms with van der Waals surface area (Å²) in [5.41, 5.74) is 0. The molecule has 0 saturated heterocycles. The Morgan fingerprint density at radius 2 is 1.25 bits per heavy atom. The highest BCUT2D eigenvalue weighted by molar-refractivity contribution is 4.92.